The molecule has 3 rings (SSSR count). The summed E-state index contributed by atoms with van der Waals surface area (Å²) in [7, 11) is 0. The van der Waals surface area contributed by atoms with E-state index in [0.29, 0.717) is 17.8 Å². The van der Waals surface area contributed by atoms with E-state index in [0.717, 1.165) is 11.6 Å². The van der Waals surface area contributed by atoms with E-state index in [4.69, 9.17) is 4.52 Å². The number of nitrogens with zero attached hydrogens (tertiary/aromatic N) is 3. The van der Waals surface area contributed by atoms with Gasteiger partial charge in [-0.05, 0) is 25.8 Å². The highest BCUT2D eigenvalue weighted by Gasteiger charge is 2.15. The minimum absolute atomic E-state index is 0.524. The first-order valence-electron chi connectivity index (χ1n) is 6.59. The van der Waals surface area contributed by atoms with Crippen LogP contribution < -0.4 is 10.6 Å². The van der Waals surface area contributed by atoms with E-state index in [2.05, 4.69) is 25.8 Å². The Bertz CT molecular complexity index is 547. The molecular weight excluding hydrogens is 242 g/mol. The zero-order chi connectivity index (χ0) is 13.1. The lowest BCUT2D eigenvalue weighted by Gasteiger charge is -2.12. The number of nitrogens with one attached hydrogen (secondary N) is 2. The van der Waals surface area contributed by atoms with Crippen molar-refractivity contribution < 1.29 is 4.52 Å². The molecule has 100 valence electrons. The predicted octanol–water partition coefficient (Wildman–Crippen LogP) is 2.87. The summed E-state index contributed by atoms with van der Waals surface area (Å²) in [4.78, 5) is 8.60. The lowest BCUT2D eigenvalue weighted by atomic mass is 10.2. The third-order valence-corrected chi connectivity index (χ3v) is 3.23. The lowest BCUT2D eigenvalue weighted by molar-refractivity contribution is 0.400. The van der Waals surface area contributed by atoms with Gasteiger partial charge in [-0.1, -0.05) is 18.0 Å². The van der Waals surface area contributed by atoms with Crippen molar-refractivity contribution in [3.05, 3.63) is 24.1 Å². The molecule has 0 radical (unpaired) electrons. The van der Waals surface area contributed by atoms with Gasteiger partial charge in [-0.15, -0.1) is 0 Å². The van der Waals surface area contributed by atoms with Crippen LogP contribution in [0.2, 0.25) is 0 Å². The van der Waals surface area contributed by atoms with Gasteiger partial charge in [0.25, 0.3) is 0 Å². The highest BCUT2D eigenvalue weighted by molar-refractivity contribution is 5.50. The van der Waals surface area contributed by atoms with Crippen LogP contribution in [0.4, 0.5) is 17.6 Å². The molecule has 0 unspecified atom stereocenters. The van der Waals surface area contributed by atoms with Crippen molar-refractivity contribution in [2.24, 2.45) is 0 Å². The van der Waals surface area contributed by atoms with Gasteiger partial charge in [0.1, 0.15) is 11.6 Å². The average Bonchev–Trinajstić information content (AvgIpc) is 3.02. The third-order valence-electron chi connectivity index (χ3n) is 3.23. The van der Waals surface area contributed by atoms with Crippen LogP contribution in [-0.4, -0.2) is 21.2 Å². The Morgan fingerprint density at radius 3 is 2.84 bits per heavy atom. The van der Waals surface area contributed by atoms with Gasteiger partial charge in [-0.25, -0.2) is 4.98 Å². The topological polar surface area (TPSA) is 75.9 Å². The van der Waals surface area contributed by atoms with Gasteiger partial charge < -0.3 is 15.2 Å². The molecule has 2 heterocycles. The van der Waals surface area contributed by atoms with Gasteiger partial charge in [0.15, 0.2) is 5.82 Å². The lowest BCUT2D eigenvalue weighted by Crippen LogP contribution is -2.15. The molecule has 0 spiro atoms. The fourth-order valence-corrected chi connectivity index (χ4v) is 2.32. The predicted molar refractivity (Wildman–Crippen MR) is 72.4 cm³/mol. The molecule has 6 nitrogen and oxygen atoms in total. The smallest absolute Gasteiger partial charge is 0.230 e. The Hall–Kier alpha value is -2.11. The van der Waals surface area contributed by atoms with E-state index < -0.39 is 0 Å². The zero-order valence-electron chi connectivity index (χ0n) is 10.9. The van der Waals surface area contributed by atoms with Crippen LogP contribution in [0.1, 0.15) is 31.4 Å². The second kappa shape index (κ2) is 5.26. The van der Waals surface area contributed by atoms with Crippen LogP contribution in [0.25, 0.3) is 0 Å². The van der Waals surface area contributed by atoms with Crippen LogP contribution in [0.5, 0.6) is 0 Å². The van der Waals surface area contributed by atoms with Crippen molar-refractivity contribution in [3.8, 4) is 0 Å². The Balaban J connectivity index is 1.68. The second-order valence-electron chi connectivity index (χ2n) is 4.84. The van der Waals surface area contributed by atoms with Gasteiger partial charge in [0.2, 0.25) is 5.95 Å². The molecule has 2 aromatic heterocycles. The van der Waals surface area contributed by atoms with Gasteiger partial charge in [-0.2, -0.15) is 4.98 Å². The van der Waals surface area contributed by atoms with Crippen molar-refractivity contribution in [3.63, 3.8) is 0 Å². The number of anilines is 3. The van der Waals surface area contributed by atoms with Crippen LogP contribution in [0, 0.1) is 6.92 Å². The fraction of sp³-hybridized carbons (Fsp3) is 0.462. The largest absolute Gasteiger partial charge is 0.367 e. The van der Waals surface area contributed by atoms with Crippen molar-refractivity contribution in [1.29, 1.82) is 0 Å². The van der Waals surface area contributed by atoms with E-state index in [1.165, 1.54) is 25.7 Å². The monoisotopic (exact) mass is 259 g/mol. The fourth-order valence-electron chi connectivity index (χ4n) is 2.32. The molecule has 0 atom stereocenters. The molecule has 0 bridgehead atoms. The van der Waals surface area contributed by atoms with Crippen molar-refractivity contribution in [2.75, 3.05) is 10.6 Å². The number of aromatic nitrogens is 3. The van der Waals surface area contributed by atoms with E-state index in [-0.39, 0.29) is 0 Å². The summed E-state index contributed by atoms with van der Waals surface area (Å²) in [6.07, 6.45) is 6.77. The van der Waals surface area contributed by atoms with E-state index >= 15 is 0 Å². The summed E-state index contributed by atoms with van der Waals surface area (Å²) in [6.45, 7) is 1.84. The van der Waals surface area contributed by atoms with Crippen LogP contribution >= 0.6 is 0 Å². The molecule has 6 heteroatoms. The minimum Gasteiger partial charge on any atom is -0.367 e. The average molecular weight is 259 g/mol. The summed E-state index contributed by atoms with van der Waals surface area (Å²) in [5, 5.41) is 10.3. The highest BCUT2D eigenvalue weighted by atomic mass is 16.5. The number of hydrogen-bond acceptors (Lipinski definition) is 6. The second-order valence-corrected chi connectivity index (χ2v) is 4.84. The van der Waals surface area contributed by atoms with Gasteiger partial charge in [0, 0.05) is 18.3 Å². The summed E-state index contributed by atoms with van der Waals surface area (Å²) in [6, 6.07) is 4.23. The molecule has 1 aliphatic carbocycles. The summed E-state index contributed by atoms with van der Waals surface area (Å²) in [5.74, 6) is 2.75. The number of rotatable bonds is 4. The maximum Gasteiger partial charge on any atom is 0.230 e. The molecule has 1 fully saturated rings. The van der Waals surface area contributed by atoms with Gasteiger partial charge in [0.05, 0.1) is 0 Å². The quantitative estimate of drug-likeness (QED) is 0.879. The van der Waals surface area contributed by atoms with Gasteiger partial charge in [-0.3, -0.25) is 0 Å². The molecule has 0 aromatic carbocycles. The third kappa shape index (κ3) is 3.01. The van der Waals surface area contributed by atoms with E-state index in [1.54, 1.807) is 12.3 Å². The van der Waals surface area contributed by atoms with Gasteiger partial charge >= 0.3 is 0 Å². The van der Waals surface area contributed by atoms with Crippen molar-refractivity contribution >= 4 is 17.6 Å². The first kappa shape index (κ1) is 12.0. The van der Waals surface area contributed by atoms with Crippen molar-refractivity contribution in [1.82, 2.24) is 15.1 Å². The SMILES string of the molecule is Cc1cc(Nc2nccc(NC3CCCC3)n2)no1. The molecule has 2 aromatic rings. The van der Waals surface area contributed by atoms with Crippen LogP contribution in [0.15, 0.2) is 22.9 Å². The normalized spacial score (nSPS) is 15.6. The van der Waals surface area contributed by atoms with E-state index in [1.807, 2.05) is 13.0 Å². The van der Waals surface area contributed by atoms with Crippen LogP contribution in [-0.2, 0) is 0 Å². The first-order chi connectivity index (χ1) is 9.29. The molecule has 2 N–H and O–H groups in total. The zero-order valence-corrected chi connectivity index (χ0v) is 10.9. The number of hydrogen-bond donors (Lipinski definition) is 2. The molecular formula is C13H17N5O. The standard InChI is InChI=1S/C13H17N5O/c1-9-8-12(18-19-9)17-13-14-7-6-11(16-13)15-10-4-2-3-5-10/h6-8,10H,2-5H2,1H3,(H2,14,15,16,17,18). The van der Waals surface area contributed by atoms with Crippen molar-refractivity contribution in [2.45, 2.75) is 38.6 Å². The summed E-state index contributed by atoms with van der Waals surface area (Å²) in [5.41, 5.74) is 0. The maximum absolute atomic E-state index is 4.99. The Morgan fingerprint density at radius 2 is 2.11 bits per heavy atom. The molecule has 1 aliphatic rings. The maximum atomic E-state index is 4.99. The first-order valence-corrected chi connectivity index (χ1v) is 6.59. The molecule has 0 amide bonds. The summed E-state index contributed by atoms with van der Waals surface area (Å²) >= 11 is 0. The van der Waals surface area contributed by atoms with E-state index in [9.17, 15) is 0 Å². The van der Waals surface area contributed by atoms with Crippen LogP contribution in [0.3, 0.4) is 0 Å². The number of aryl methyl sites for hydroxylation is 1. The Labute approximate surface area is 111 Å². The Kier molecular flexibility index (Phi) is 3.31. The molecule has 0 aliphatic heterocycles. The summed E-state index contributed by atoms with van der Waals surface area (Å²) < 4.78 is 4.99. The molecule has 1 saturated carbocycles. The molecule has 19 heavy (non-hydrogen) atoms. The Morgan fingerprint density at radius 1 is 1.26 bits per heavy atom. The molecule has 0 saturated heterocycles. The minimum atomic E-state index is 0.524. The highest BCUT2D eigenvalue weighted by Crippen LogP contribution is 2.22.